The predicted octanol–water partition coefficient (Wildman–Crippen LogP) is 5.61. The first kappa shape index (κ1) is 24.9. The Morgan fingerprint density at radius 3 is 2.24 bits per heavy atom. The lowest BCUT2D eigenvalue weighted by molar-refractivity contribution is -0.137. The molecule has 1 amide bonds. The molecule has 0 saturated heterocycles. The van der Waals surface area contributed by atoms with Crippen molar-refractivity contribution in [3.63, 3.8) is 0 Å². The van der Waals surface area contributed by atoms with Gasteiger partial charge in [0, 0.05) is 16.7 Å². The van der Waals surface area contributed by atoms with Crippen molar-refractivity contribution in [1.29, 1.82) is 0 Å². The van der Waals surface area contributed by atoms with Gasteiger partial charge >= 0.3 is 6.18 Å². The van der Waals surface area contributed by atoms with Crippen molar-refractivity contribution in [2.45, 2.75) is 24.5 Å². The summed E-state index contributed by atoms with van der Waals surface area (Å²) >= 11 is 3.25. The lowest BCUT2D eigenvalue weighted by atomic mass is 10.1. The number of nitrogens with zero attached hydrogens (tertiary/aromatic N) is 1. The molecule has 3 aromatic rings. The van der Waals surface area contributed by atoms with E-state index in [1.807, 2.05) is 19.1 Å². The molecule has 174 valence electrons. The fraction of sp³-hybridized carbons (Fsp3) is 0.174. The first-order chi connectivity index (χ1) is 15.4. The van der Waals surface area contributed by atoms with Crippen LogP contribution in [0.3, 0.4) is 0 Å². The summed E-state index contributed by atoms with van der Waals surface area (Å²) in [6.45, 7) is 1.22. The van der Waals surface area contributed by atoms with Gasteiger partial charge in [-0.25, -0.2) is 8.42 Å². The van der Waals surface area contributed by atoms with E-state index in [0.717, 1.165) is 22.0 Å². The number of anilines is 1. The number of hydrogen-bond acceptors (Lipinski definition) is 3. The number of nitrogens with one attached hydrogen (secondary N) is 1. The Balaban J connectivity index is 1.86. The molecule has 0 aliphatic heterocycles. The molecule has 0 aromatic heterocycles. The van der Waals surface area contributed by atoms with E-state index < -0.39 is 34.2 Å². The van der Waals surface area contributed by atoms with Crippen LogP contribution in [0.5, 0.6) is 0 Å². The first-order valence-electron chi connectivity index (χ1n) is 9.73. The highest BCUT2D eigenvalue weighted by atomic mass is 79.9. The summed E-state index contributed by atoms with van der Waals surface area (Å²) in [5, 5.41) is 2.36. The number of carbonyl (C=O) groups is 1. The third-order valence-corrected chi connectivity index (χ3v) is 7.06. The minimum Gasteiger partial charge on any atom is -0.325 e. The van der Waals surface area contributed by atoms with Gasteiger partial charge in [0.2, 0.25) is 15.9 Å². The summed E-state index contributed by atoms with van der Waals surface area (Å²) < 4.78 is 67.1. The van der Waals surface area contributed by atoms with Crippen LogP contribution in [0.2, 0.25) is 0 Å². The first-order valence-corrected chi connectivity index (χ1v) is 12.0. The van der Waals surface area contributed by atoms with Gasteiger partial charge in [-0.15, -0.1) is 0 Å². The molecule has 0 aliphatic carbocycles. The molecule has 3 aromatic carbocycles. The molecule has 5 nitrogen and oxygen atoms in total. The smallest absolute Gasteiger partial charge is 0.325 e. The molecule has 0 fully saturated rings. The third kappa shape index (κ3) is 6.66. The molecular formula is C23H20BrF3N2O3S. The molecule has 0 spiro atoms. The largest absolute Gasteiger partial charge is 0.416 e. The summed E-state index contributed by atoms with van der Waals surface area (Å²) in [5.74, 6) is -0.762. The fourth-order valence-corrected chi connectivity index (χ4v) is 4.66. The second-order valence-electron chi connectivity index (χ2n) is 7.34. The summed E-state index contributed by atoms with van der Waals surface area (Å²) in [6.07, 6.45) is -4.57. The van der Waals surface area contributed by atoms with Crippen molar-refractivity contribution in [3.8, 4) is 0 Å². The predicted molar refractivity (Wildman–Crippen MR) is 123 cm³/mol. The van der Waals surface area contributed by atoms with E-state index in [2.05, 4.69) is 21.2 Å². The molecule has 0 atom stereocenters. The molecule has 10 heteroatoms. The molecule has 0 radical (unpaired) electrons. The van der Waals surface area contributed by atoms with Crippen LogP contribution in [-0.2, 0) is 27.5 Å². The van der Waals surface area contributed by atoms with Crippen molar-refractivity contribution in [1.82, 2.24) is 4.31 Å². The molecule has 0 heterocycles. The van der Waals surface area contributed by atoms with Crippen LogP contribution in [0.4, 0.5) is 18.9 Å². The van der Waals surface area contributed by atoms with Gasteiger partial charge in [-0.05, 0) is 55.0 Å². The third-order valence-electron chi connectivity index (χ3n) is 4.72. The van der Waals surface area contributed by atoms with Gasteiger partial charge in [0.05, 0.1) is 17.0 Å². The Labute approximate surface area is 198 Å². The lowest BCUT2D eigenvalue weighted by Crippen LogP contribution is -2.37. The van der Waals surface area contributed by atoms with Gasteiger partial charge < -0.3 is 5.32 Å². The molecule has 3 rings (SSSR count). The van der Waals surface area contributed by atoms with E-state index in [4.69, 9.17) is 0 Å². The van der Waals surface area contributed by atoms with Gasteiger partial charge in [-0.1, -0.05) is 51.8 Å². The van der Waals surface area contributed by atoms with E-state index in [0.29, 0.717) is 10.0 Å². The van der Waals surface area contributed by atoms with Crippen LogP contribution in [0.15, 0.2) is 82.2 Å². The molecule has 0 unspecified atom stereocenters. The molecule has 1 N–H and O–H groups in total. The van der Waals surface area contributed by atoms with Crippen LogP contribution in [-0.4, -0.2) is 25.2 Å². The Bertz CT molecular complexity index is 1230. The number of amides is 1. The van der Waals surface area contributed by atoms with Crippen molar-refractivity contribution >= 4 is 37.5 Å². The Morgan fingerprint density at radius 2 is 1.64 bits per heavy atom. The van der Waals surface area contributed by atoms with Gasteiger partial charge in [-0.3, -0.25) is 4.79 Å². The van der Waals surface area contributed by atoms with E-state index in [1.165, 1.54) is 24.3 Å². The fourth-order valence-electron chi connectivity index (χ4n) is 3.01. The maximum atomic E-state index is 13.3. The minimum atomic E-state index is -4.57. The second kappa shape index (κ2) is 10.1. The number of alkyl halides is 3. The highest BCUT2D eigenvalue weighted by Crippen LogP contribution is 2.30. The maximum absolute atomic E-state index is 13.3. The summed E-state index contributed by atoms with van der Waals surface area (Å²) in [7, 11) is -4.07. The van der Waals surface area contributed by atoms with Gasteiger partial charge in [0.25, 0.3) is 0 Å². The number of hydrogen-bond donors (Lipinski definition) is 1. The van der Waals surface area contributed by atoms with Crippen molar-refractivity contribution in [3.05, 3.63) is 94.0 Å². The topological polar surface area (TPSA) is 66.5 Å². The number of benzene rings is 3. The Hall–Kier alpha value is -2.69. The van der Waals surface area contributed by atoms with Crippen LogP contribution >= 0.6 is 15.9 Å². The molecule has 33 heavy (non-hydrogen) atoms. The van der Waals surface area contributed by atoms with Crippen molar-refractivity contribution in [2.24, 2.45) is 0 Å². The summed E-state index contributed by atoms with van der Waals surface area (Å²) in [5.41, 5.74) is 0.655. The normalized spacial score (nSPS) is 12.1. The average molecular weight is 541 g/mol. The number of aryl methyl sites for hydroxylation is 1. The zero-order valence-corrected chi connectivity index (χ0v) is 19.8. The number of carbonyl (C=O) groups excluding carboxylic acids is 1. The average Bonchev–Trinajstić information content (AvgIpc) is 2.74. The summed E-state index contributed by atoms with van der Waals surface area (Å²) in [4.78, 5) is 12.6. The molecular weight excluding hydrogens is 521 g/mol. The van der Waals surface area contributed by atoms with Gasteiger partial charge in [0.15, 0.2) is 0 Å². The van der Waals surface area contributed by atoms with E-state index in [-0.39, 0.29) is 17.1 Å². The van der Waals surface area contributed by atoms with Crippen LogP contribution in [0.25, 0.3) is 0 Å². The monoisotopic (exact) mass is 540 g/mol. The lowest BCUT2D eigenvalue weighted by Gasteiger charge is -2.22. The van der Waals surface area contributed by atoms with Crippen LogP contribution < -0.4 is 5.32 Å². The number of rotatable bonds is 7. The Kier molecular flexibility index (Phi) is 7.61. The standard InChI is InChI=1S/C23H20BrF3N2O3S/c1-16-5-7-17(8-6-16)14-29(33(31,32)21-11-9-19(24)10-12-21)15-22(30)28-20-4-2-3-18(13-20)23(25,26)27/h2-13H,14-15H2,1H3,(H,28,30). The van der Waals surface area contributed by atoms with E-state index >= 15 is 0 Å². The van der Waals surface area contributed by atoms with E-state index in [1.54, 1.807) is 24.3 Å². The van der Waals surface area contributed by atoms with Crippen molar-refractivity contribution in [2.75, 3.05) is 11.9 Å². The van der Waals surface area contributed by atoms with Crippen LogP contribution in [0, 0.1) is 6.92 Å². The highest BCUT2D eigenvalue weighted by molar-refractivity contribution is 9.10. The molecule has 0 saturated carbocycles. The molecule has 0 aliphatic rings. The Morgan fingerprint density at radius 1 is 1.00 bits per heavy atom. The minimum absolute atomic E-state index is 0.00956. The maximum Gasteiger partial charge on any atom is 0.416 e. The number of sulfonamides is 1. The quantitative estimate of drug-likeness (QED) is 0.423. The summed E-state index contributed by atoms with van der Waals surface area (Å²) in [6, 6.07) is 17.3. The molecule has 0 bridgehead atoms. The van der Waals surface area contributed by atoms with Crippen molar-refractivity contribution < 1.29 is 26.4 Å². The zero-order chi connectivity index (χ0) is 24.2. The van der Waals surface area contributed by atoms with Crippen LogP contribution in [0.1, 0.15) is 16.7 Å². The van der Waals surface area contributed by atoms with Gasteiger partial charge in [0.1, 0.15) is 0 Å². The number of halogens is 4. The second-order valence-corrected chi connectivity index (χ2v) is 10.2. The van der Waals surface area contributed by atoms with Gasteiger partial charge in [-0.2, -0.15) is 17.5 Å². The highest BCUT2D eigenvalue weighted by Gasteiger charge is 2.31. The van der Waals surface area contributed by atoms with E-state index in [9.17, 15) is 26.4 Å². The SMILES string of the molecule is Cc1ccc(CN(CC(=O)Nc2cccc(C(F)(F)F)c2)S(=O)(=O)c2ccc(Br)cc2)cc1. The zero-order valence-electron chi connectivity index (χ0n) is 17.4.